The second-order valence-electron chi connectivity index (χ2n) is 7.59. The molecule has 2 aliphatic rings. The fourth-order valence-electron chi connectivity index (χ4n) is 3.39. The number of nitrogens with one attached hydrogen (secondary N) is 1. The molecule has 21 heavy (non-hydrogen) atoms. The van der Waals surface area contributed by atoms with Crippen molar-refractivity contribution >= 4 is 0 Å². The molecule has 2 unspecified atom stereocenters. The number of aryl methyl sites for hydroxylation is 1. The molecule has 1 aromatic heterocycles. The number of imidazole rings is 1. The van der Waals surface area contributed by atoms with Crippen LogP contribution < -0.4 is 5.32 Å². The molecular formula is C17H29N3O. The molecule has 1 fully saturated rings. The molecule has 0 amide bonds. The Bertz CT molecular complexity index is 475. The van der Waals surface area contributed by atoms with E-state index in [9.17, 15) is 0 Å². The Hall–Kier alpha value is -0.870. The summed E-state index contributed by atoms with van der Waals surface area (Å²) in [6.07, 6.45) is 10.1. The lowest BCUT2D eigenvalue weighted by Crippen LogP contribution is -2.41. The molecule has 4 heteroatoms. The zero-order chi connectivity index (χ0) is 14.9. The molecule has 1 aliphatic heterocycles. The first kappa shape index (κ1) is 15.0. The van der Waals surface area contributed by atoms with Crippen LogP contribution in [0.2, 0.25) is 0 Å². The number of aromatic nitrogens is 2. The predicted octanol–water partition coefficient (Wildman–Crippen LogP) is 2.70. The second-order valence-corrected chi connectivity index (χ2v) is 7.59. The fraction of sp³-hybridized carbons (Fsp3) is 0.824. The van der Waals surface area contributed by atoms with Crippen molar-refractivity contribution < 1.29 is 4.74 Å². The van der Waals surface area contributed by atoms with E-state index in [0.717, 1.165) is 19.5 Å². The Morgan fingerprint density at radius 1 is 1.24 bits per heavy atom. The Morgan fingerprint density at radius 3 is 2.81 bits per heavy atom. The van der Waals surface area contributed by atoms with Crippen LogP contribution in [0.25, 0.3) is 0 Å². The average Bonchev–Trinajstić information content (AvgIpc) is 3.04. The smallest absolute Gasteiger partial charge is 0.0952 e. The average molecular weight is 291 g/mol. The first-order chi connectivity index (χ1) is 10.0. The molecule has 0 spiro atoms. The Labute approximate surface area is 128 Å². The summed E-state index contributed by atoms with van der Waals surface area (Å²) in [7, 11) is 0. The van der Waals surface area contributed by atoms with Crippen molar-refractivity contribution in [2.45, 2.75) is 83.6 Å². The summed E-state index contributed by atoms with van der Waals surface area (Å²) in [6, 6.07) is 0. The quantitative estimate of drug-likeness (QED) is 0.927. The first-order valence-corrected chi connectivity index (χ1v) is 8.44. The highest BCUT2D eigenvalue weighted by molar-refractivity contribution is 5.16. The molecule has 1 aromatic rings. The topological polar surface area (TPSA) is 39.1 Å². The lowest BCUT2D eigenvalue weighted by molar-refractivity contribution is 0.0326. The van der Waals surface area contributed by atoms with Crippen LogP contribution in [0.4, 0.5) is 0 Å². The van der Waals surface area contributed by atoms with Crippen molar-refractivity contribution in [3.8, 4) is 0 Å². The van der Waals surface area contributed by atoms with Gasteiger partial charge in [-0.15, -0.1) is 0 Å². The highest BCUT2D eigenvalue weighted by Crippen LogP contribution is 2.24. The van der Waals surface area contributed by atoms with Gasteiger partial charge in [-0.2, -0.15) is 0 Å². The van der Waals surface area contributed by atoms with E-state index in [1.165, 1.54) is 43.5 Å². The number of rotatable bonds is 4. The maximum absolute atomic E-state index is 6.21. The van der Waals surface area contributed by atoms with Crippen LogP contribution in [0.3, 0.4) is 0 Å². The molecule has 1 N–H and O–H groups in total. The molecule has 0 saturated carbocycles. The Kier molecular flexibility index (Phi) is 4.36. The molecular weight excluding hydrogens is 262 g/mol. The normalized spacial score (nSPS) is 26.0. The number of hydrogen-bond donors (Lipinski definition) is 1. The van der Waals surface area contributed by atoms with Gasteiger partial charge in [0.15, 0.2) is 0 Å². The Morgan fingerprint density at radius 2 is 2.00 bits per heavy atom. The van der Waals surface area contributed by atoms with Crippen molar-refractivity contribution in [1.29, 1.82) is 0 Å². The minimum Gasteiger partial charge on any atom is -0.372 e. The van der Waals surface area contributed by atoms with Gasteiger partial charge < -0.3 is 14.6 Å². The van der Waals surface area contributed by atoms with Gasteiger partial charge in [-0.05, 0) is 59.3 Å². The van der Waals surface area contributed by atoms with Gasteiger partial charge in [0, 0.05) is 17.8 Å². The van der Waals surface area contributed by atoms with Crippen LogP contribution >= 0.6 is 0 Å². The van der Waals surface area contributed by atoms with E-state index in [0.29, 0.717) is 12.2 Å². The summed E-state index contributed by atoms with van der Waals surface area (Å²) >= 11 is 0. The number of nitrogens with zero attached hydrogens (tertiary/aromatic N) is 2. The third kappa shape index (κ3) is 3.86. The van der Waals surface area contributed by atoms with Gasteiger partial charge in [0.05, 0.1) is 30.8 Å². The van der Waals surface area contributed by atoms with Crippen LogP contribution in [0.15, 0.2) is 6.33 Å². The largest absolute Gasteiger partial charge is 0.372 e. The van der Waals surface area contributed by atoms with E-state index in [-0.39, 0.29) is 5.54 Å². The predicted molar refractivity (Wildman–Crippen MR) is 84.5 cm³/mol. The van der Waals surface area contributed by atoms with Gasteiger partial charge in [0.2, 0.25) is 0 Å². The minimum atomic E-state index is 0.171. The van der Waals surface area contributed by atoms with Gasteiger partial charge in [0.25, 0.3) is 0 Å². The van der Waals surface area contributed by atoms with Crippen LogP contribution in [0, 0.1) is 0 Å². The van der Waals surface area contributed by atoms with Crippen LogP contribution in [-0.4, -0.2) is 33.8 Å². The van der Waals surface area contributed by atoms with Crippen molar-refractivity contribution in [1.82, 2.24) is 14.9 Å². The maximum Gasteiger partial charge on any atom is 0.0952 e. The summed E-state index contributed by atoms with van der Waals surface area (Å²) in [5.41, 5.74) is 2.96. The SMILES string of the molecule is CC(C)(C)NCC1CCC(Cn2cnc3c2CCCC3)O1. The molecule has 0 radical (unpaired) electrons. The van der Waals surface area contributed by atoms with Gasteiger partial charge in [-0.25, -0.2) is 4.98 Å². The van der Waals surface area contributed by atoms with E-state index >= 15 is 0 Å². The van der Waals surface area contributed by atoms with Gasteiger partial charge in [0.1, 0.15) is 0 Å². The van der Waals surface area contributed by atoms with Gasteiger partial charge in [-0.3, -0.25) is 0 Å². The van der Waals surface area contributed by atoms with E-state index in [4.69, 9.17) is 4.74 Å². The summed E-state index contributed by atoms with van der Waals surface area (Å²) in [6.45, 7) is 8.56. The maximum atomic E-state index is 6.21. The van der Waals surface area contributed by atoms with Crippen LogP contribution in [0.1, 0.15) is 57.8 Å². The summed E-state index contributed by atoms with van der Waals surface area (Å²) < 4.78 is 8.56. The number of fused-ring (bicyclic) bond motifs is 1. The zero-order valence-corrected chi connectivity index (χ0v) is 13.7. The van der Waals surface area contributed by atoms with E-state index in [1.54, 1.807) is 0 Å². The molecule has 0 bridgehead atoms. The third-order valence-corrected chi connectivity index (χ3v) is 4.57. The molecule has 0 aromatic carbocycles. The molecule has 2 heterocycles. The monoisotopic (exact) mass is 291 g/mol. The lowest BCUT2D eigenvalue weighted by Gasteiger charge is -2.23. The van der Waals surface area contributed by atoms with Crippen molar-refractivity contribution in [2.24, 2.45) is 0 Å². The molecule has 3 rings (SSSR count). The molecule has 118 valence electrons. The van der Waals surface area contributed by atoms with E-state index < -0.39 is 0 Å². The standard InChI is InChI=1S/C17H29N3O/c1-17(2,3)19-10-13-8-9-14(21-13)11-20-12-18-15-6-4-5-7-16(15)20/h12-14,19H,4-11H2,1-3H3. The van der Waals surface area contributed by atoms with Crippen molar-refractivity contribution in [3.63, 3.8) is 0 Å². The van der Waals surface area contributed by atoms with Crippen molar-refractivity contribution in [3.05, 3.63) is 17.7 Å². The van der Waals surface area contributed by atoms with E-state index in [1.807, 2.05) is 6.33 Å². The summed E-state index contributed by atoms with van der Waals surface area (Å²) in [4.78, 5) is 4.58. The van der Waals surface area contributed by atoms with Crippen LogP contribution in [-0.2, 0) is 24.1 Å². The molecule has 1 saturated heterocycles. The molecule has 2 atom stereocenters. The molecule has 4 nitrogen and oxygen atoms in total. The number of hydrogen-bond acceptors (Lipinski definition) is 3. The third-order valence-electron chi connectivity index (χ3n) is 4.57. The highest BCUT2D eigenvalue weighted by atomic mass is 16.5. The fourth-order valence-corrected chi connectivity index (χ4v) is 3.39. The Balaban J connectivity index is 1.52. The summed E-state index contributed by atoms with van der Waals surface area (Å²) in [5, 5.41) is 3.55. The van der Waals surface area contributed by atoms with Gasteiger partial charge >= 0.3 is 0 Å². The molecule has 1 aliphatic carbocycles. The van der Waals surface area contributed by atoms with E-state index in [2.05, 4.69) is 35.6 Å². The van der Waals surface area contributed by atoms with Gasteiger partial charge in [-0.1, -0.05) is 0 Å². The first-order valence-electron chi connectivity index (χ1n) is 8.44. The zero-order valence-electron chi connectivity index (χ0n) is 13.7. The second kappa shape index (κ2) is 6.09. The number of ether oxygens (including phenoxy) is 1. The van der Waals surface area contributed by atoms with Crippen molar-refractivity contribution in [2.75, 3.05) is 6.54 Å². The minimum absolute atomic E-state index is 0.171. The van der Waals surface area contributed by atoms with Crippen LogP contribution in [0.5, 0.6) is 0 Å². The highest BCUT2D eigenvalue weighted by Gasteiger charge is 2.27. The summed E-state index contributed by atoms with van der Waals surface area (Å²) in [5.74, 6) is 0. The lowest BCUT2D eigenvalue weighted by atomic mass is 10.0.